The van der Waals surface area contributed by atoms with Crippen LogP contribution in [0.1, 0.15) is 35.2 Å². The first-order valence-electron chi connectivity index (χ1n) is 6.91. The van der Waals surface area contributed by atoms with Crippen LogP contribution in [0, 0.1) is 6.92 Å². The second kappa shape index (κ2) is 7.77. The van der Waals surface area contributed by atoms with Crippen LogP contribution >= 0.6 is 43.2 Å². The molecule has 0 aliphatic heterocycles. The Hall–Kier alpha value is -0.360. The van der Waals surface area contributed by atoms with Crippen molar-refractivity contribution in [3.63, 3.8) is 0 Å². The first-order valence-corrected chi connectivity index (χ1v) is 9.32. The van der Waals surface area contributed by atoms with Crippen molar-refractivity contribution in [2.75, 3.05) is 6.61 Å². The molecular weight excluding hydrogens is 414 g/mol. The zero-order chi connectivity index (χ0) is 15.4. The highest BCUT2D eigenvalue weighted by molar-refractivity contribution is 9.11. The molecule has 0 spiro atoms. The summed E-state index contributed by atoms with van der Waals surface area (Å²) in [5.41, 5.74) is 1.15. The average molecular weight is 433 g/mol. The van der Waals surface area contributed by atoms with Gasteiger partial charge in [0.05, 0.1) is 11.1 Å². The topological polar surface area (TPSA) is 21.3 Å². The van der Waals surface area contributed by atoms with Gasteiger partial charge in [0.25, 0.3) is 0 Å². The minimum atomic E-state index is 0.330. The van der Waals surface area contributed by atoms with E-state index in [9.17, 15) is 0 Å². The third kappa shape index (κ3) is 4.55. The molecule has 114 valence electrons. The lowest BCUT2D eigenvalue weighted by Gasteiger charge is -2.16. The fourth-order valence-corrected chi connectivity index (χ4v) is 4.43. The molecule has 2 rings (SSSR count). The standard InChI is InChI=1S/C16H19Br2NOS/c1-4-20-16-12(7-13(17)8-14(16)18)9-19-11(3)15-6-5-10(2)21-15/h5-8,11,19H,4,9H2,1-3H3. The molecule has 0 bridgehead atoms. The Bertz CT molecular complexity index is 612. The lowest BCUT2D eigenvalue weighted by molar-refractivity contribution is 0.332. The number of thiophene rings is 1. The molecule has 1 aromatic heterocycles. The van der Waals surface area contributed by atoms with Gasteiger partial charge in [0.15, 0.2) is 0 Å². The monoisotopic (exact) mass is 431 g/mol. The predicted octanol–water partition coefficient (Wildman–Crippen LogP) is 5.83. The number of nitrogens with one attached hydrogen (secondary N) is 1. The zero-order valence-corrected chi connectivity index (χ0v) is 16.4. The van der Waals surface area contributed by atoms with Crippen LogP contribution in [0.2, 0.25) is 0 Å². The van der Waals surface area contributed by atoms with Crippen LogP contribution in [0.15, 0.2) is 33.2 Å². The highest BCUT2D eigenvalue weighted by Crippen LogP contribution is 2.33. The molecule has 2 aromatic rings. The van der Waals surface area contributed by atoms with Crippen molar-refractivity contribution in [1.82, 2.24) is 5.32 Å². The summed E-state index contributed by atoms with van der Waals surface area (Å²) in [4.78, 5) is 2.71. The van der Waals surface area contributed by atoms with Crippen LogP contribution in [-0.2, 0) is 6.54 Å². The van der Waals surface area contributed by atoms with Crippen molar-refractivity contribution in [3.05, 3.63) is 48.5 Å². The molecular formula is C16H19Br2NOS. The average Bonchev–Trinajstić information content (AvgIpc) is 2.86. The molecule has 21 heavy (non-hydrogen) atoms. The van der Waals surface area contributed by atoms with Gasteiger partial charge in [-0.25, -0.2) is 0 Å². The molecule has 1 aromatic carbocycles. The molecule has 1 unspecified atom stereocenters. The number of hydrogen-bond acceptors (Lipinski definition) is 3. The molecule has 0 saturated carbocycles. The van der Waals surface area contributed by atoms with Gasteiger partial charge in [-0.2, -0.15) is 0 Å². The van der Waals surface area contributed by atoms with Crippen LogP contribution in [0.4, 0.5) is 0 Å². The van der Waals surface area contributed by atoms with Crippen molar-refractivity contribution in [3.8, 4) is 5.75 Å². The lowest BCUT2D eigenvalue weighted by Crippen LogP contribution is -2.18. The number of rotatable bonds is 6. The number of halogens is 2. The number of benzene rings is 1. The zero-order valence-electron chi connectivity index (χ0n) is 12.4. The smallest absolute Gasteiger partial charge is 0.138 e. The highest BCUT2D eigenvalue weighted by Gasteiger charge is 2.12. The van der Waals surface area contributed by atoms with Gasteiger partial charge in [0.2, 0.25) is 0 Å². The summed E-state index contributed by atoms with van der Waals surface area (Å²) in [5, 5.41) is 3.57. The van der Waals surface area contributed by atoms with Crippen LogP contribution in [-0.4, -0.2) is 6.61 Å². The Balaban J connectivity index is 2.12. The Morgan fingerprint density at radius 3 is 2.67 bits per heavy atom. The molecule has 0 aliphatic rings. The summed E-state index contributed by atoms with van der Waals surface area (Å²) in [6.07, 6.45) is 0. The predicted molar refractivity (Wildman–Crippen MR) is 97.3 cm³/mol. The lowest BCUT2D eigenvalue weighted by atomic mass is 10.2. The molecule has 2 nitrogen and oxygen atoms in total. The largest absolute Gasteiger partial charge is 0.492 e. The third-order valence-corrected chi connectivity index (χ3v) is 5.39. The van der Waals surface area contributed by atoms with Crippen LogP contribution in [0.25, 0.3) is 0 Å². The van der Waals surface area contributed by atoms with Crippen molar-refractivity contribution in [1.29, 1.82) is 0 Å². The maximum Gasteiger partial charge on any atom is 0.138 e. The van der Waals surface area contributed by atoms with E-state index in [1.54, 1.807) is 0 Å². The second-order valence-electron chi connectivity index (χ2n) is 4.86. The number of aryl methyl sites for hydroxylation is 1. The van der Waals surface area contributed by atoms with E-state index < -0.39 is 0 Å². The Kier molecular flexibility index (Phi) is 6.29. The second-order valence-corrected chi connectivity index (χ2v) is 7.95. The van der Waals surface area contributed by atoms with Gasteiger partial charge < -0.3 is 10.1 Å². The normalized spacial score (nSPS) is 12.4. The van der Waals surface area contributed by atoms with Gasteiger partial charge >= 0.3 is 0 Å². The molecule has 0 fully saturated rings. The van der Waals surface area contributed by atoms with Gasteiger partial charge in [0.1, 0.15) is 5.75 Å². The van der Waals surface area contributed by atoms with E-state index >= 15 is 0 Å². The van der Waals surface area contributed by atoms with Gasteiger partial charge in [-0.05, 0) is 61.0 Å². The molecule has 0 saturated heterocycles. The first kappa shape index (κ1) is 17.0. The van der Waals surface area contributed by atoms with Gasteiger partial charge in [-0.1, -0.05) is 15.9 Å². The van der Waals surface area contributed by atoms with Gasteiger partial charge in [-0.3, -0.25) is 0 Å². The van der Waals surface area contributed by atoms with E-state index in [0.29, 0.717) is 12.6 Å². The number of ether oxygens (including phenoxy) is 1. The van der Waals surface area contributed by atoms with E-state index in [0.717, 1.165) is 26.8 Å². The maximum atomic E-state index is 5.76. The molecule has 1 atom stereocenters. The Morgan fingerprint density at radius 1 is 1.29 bits per heavy atom. The number of hydrogen-bond donors (Lipinski definition) is 1. The van der Waals surface area contributed by atoms with E-state index in [1.807, 2.05) is 24.3 Å². The first-order chi connectivity index (χ1) is 10.0. The van der Waals surface area contributed by atoms with Gasteiger partial charge in [-0.15, -0.1) is 11.3 Å². The summed E-state index contributed by atoms with van der Waals surface area (Å²) in [5.74, 6) is 0.919. The van der Waals surface area contributed by atoms with Crippen LogP contribution in [0.5, 0.6) is 5.75 Å². The van der Waals surface area contributed by atoms with E-state index in [-0.39, 0.29) is 0 Å². The Labute approximate surface area is 147 Å². The highest BCUT2D eigenvalue weighted by atomic mass is 79.9. The SMILES string of the molecule is CCOc1c(Br)cc(Br)cc1CNC(C)c1ccc(C)s1. The fourth-order valence-electron chi connectivity index (χ4n) is 2.10. The molecule has 5 heteroatoms. The summed E-state index contributed by atoms with van der Waals surface area (Å²) in [6.45, 7) is 7.76. The molecule has 1 N–H and O–H groups in total. The third-order valence-electron chi connectivity index (χ3n) is 3.16. The quantitative estimate of drug-likeness (QED) is 0.619. The summed E-state index contributed by atoms with van der Waals surface area (Å²) in [6, 6.07) is 8.81. The van der Waals surface area contributed by atoms with Crippen LogP contribution in [0.3, 0.4) is 0 Å². The van der Waals surface area contributed by atoms with Crippen molar-refractivity contribution in [2.45, 2.75) is 33.4 Å². The molecule has 0 amide bonds. The van der Waals surface area contributed by atoms with E-state index in [1.165, 1.54) is 9.75 Å². The fraction of sp³-hybridized carbons (Fsp3) is 0.375. The molecule has 1 heterocycles. The summed E-state index contributed by atoms with van der Waals surface area (Å²) in [7, 11) is 0. The summed E-state index contributed by atoms with van der Waals surface area (Å²) >= 11 is 8.96. The van der Waals surface area contributed by atoms with Crippen molar-refractivity contribution >= 4 is 43.2 Å². The van der Waals surface area contributed by atoms with Gasteiger partial charge in [0, 0.05) is 32.4 Å². The Morgan fingerprint density at radius 2 is 2.05 bits per heavy atom. The minimum Gasteiger partial charge on any atom is -0.492 e. The summed E-state index contributed by atoms with van der Waals surface area (Å²) < 4.78 is 7.79. The van der Waals surface area contributed by atoms with E-state index in [2.05, 4.69) is 69.2 Å². The maximum absolute atomic E-state index is 5.76. The minimum absolute atomic E-state index is 0.330. The van der Waals surface area contributed by atoms with Crippen molar-refractivity contribution in [2.24, 2.45) is 0 Å². The van der Waals surface area contributed by atoms with Crippen LogP contribution < -0.4 is 10.1 Å². The van der Waals surface area contributed by atoms with Crippen molar-refractivity contribution < 1.29 is 4.74 Å². The molecule has 0 aliphatic carbocycles. The van der Waals surface area contributed by atoms with E-state index in [4.69, 9.17) is 4.74 Å². The molecule has 0 radical (unpaired) electrons.